The van der Waals surface area contributed by atoms with Crippen molar-refractivity contribution in [2.75, 3.05) is 9.80 Å². The van der Waals surface area contributed by atoms with Gasteiger partial charge < -0.3 is 9.80 Å². The van der Waals surface area contributed by atoms with Gasteiger partial charge in [0.15, 0.2) is 0 Å². The van der Waals surface area contributed by atoms with E-state index in [-0.39, 0.29) is 0 Å². The minimum Gasteiger partial charge on any atom is -0.314 e. The number of allylic oxidation sites excluding steroid dienone is 7. The van der Waals surface area contributed by atoms with Gasteiger partial charge in [-0.3, -0.25) is 0 Å². The second-order valence-corrected chi connectivity index (χ2v) is 9.67. The van der Waals surface area contributed by atoms with Crippen molar-refractivity contribution in [3.8, 4) is 11.1 Å². The number of hydrogen-bond donors (Lipinski definition) is 0. The molecule has 0 unspecified atom stereocenters. The predicted octanol–water partition coefficient (Wildman–Crippen LogP) is 10.1. The number of nitrogens with zero attached hydrogens (tertiary/aromatic N) is 2. The van der Waals surface area contributed by atoms with Crippen LogP contribution in [0.4, 0.5) is 22.7 Å². The van der Waals surface area contributed by atoms with Crippen LogP contribution in [-0.2, 0) is 0 Å². The maximum absolute atomic E-state index is 2.37. The van der Waals surface area contributed by atoms with Gasteiger partial charge in [0, 0.05) is 34.1 Å². The molecular formula is C36H32N2. The van der Waals surface area contributed by atoms with Crippen molar-refractivity contribution in [3.63, 3.8) is 0 Å². The van der Waals surface area contributed by atoms with Gasteiger partial charge in [-0.25, -0.2) is 0 Å². The highest BCUT2D eigenvalue weighted by molar-refractivity contribution is 5.76. The Bertz CT molecular complexity index is 1470. The van der Waals surface area contributed by atoms with Crippen LogP contribution in [0.3, 0.4) is 0 Å². The normalized spacial score (nSPS) is 14.5. The molecule has 0 aromatic heterocycles. The van der Waals surface area contributed by atoms with Crippen LogP contribution in [-0.4, -0.2) is 0 Å². The molecule has 0 N–H and O–H groups in total. The Morgan fingerprint density at radius 3 is 1.55 bits per heavy atom. The molecule has 186 valence electrons. The molecule has 0 radical (unpaired) electrons. The molecule has 2 heteroatoms. The minimum atomic E-state index is 1.04. The third kappa shape index (κ3) is 5.12. The van der Waals surface area contributed by atoms with E-state index in [1.165, 1.54) is 45.3 Å². The molecule has 0 fully saturated rings. The number of benzene rings is 4. The first kappa shape index (κ1) is 23.8. The van der Waals surface area contributed by atoms with Gasteiger partial charge in [-0.15, -0.1) is 0 Å². The van der Waals surface area contributed by atoms with E-state index in [4.69, 9.17) is 0 Å². The first-order valence-electron chi connectivity index (χ1n) is 13.5. The molecule has 4 aromatic carbocycles. The highest BCUT2D eigenvalue weighted by atomic mass is 15.2. The maximum atomic E-state index is 2.37. The predicted molar refractivity (Wildman–Crippen MR) is 162 cm³/mol. The third-order valence-electron chi connectivity index (χ3n) is 7.13. The van der Waals surface area contributed by atoms with E-state index in [1.807, 2.05) is 0 Å². The molecule has 2 nitrogen and oxygen atoms in total. The van der Waals surface area contributed by atoms with E-state index >= 15 is 0 Å². The monoisotopic (exact) mass is 492 g/mol. The largest absolute Gasteiger partial charge is 0.314 e. The van der Waals surface area contributed by atoms with Crippen LogP contribution >= 0.6 is 0 Å². The molecule has 0 spiro atoms. The summed E-state index contributed by atoms with van der Waals surface area (Å²) < 4.78 is 0. The lowest BCUT2D eigenvalue weighted by Crippen LogP contribution is -2.17. The zero-order valence-electron chi connectivity index (χ0n) is 21.6. The Hall–Kier alpha value is -4.56. The SMILES string of the molecule is C1=CCCC(N(c2ccccc2)c2ccc(-c3ccc(N(C4=CCCC=C4)c4ccccc4)cc3)cc2)=C1. The smallest absolute Gasteiger partial charge is 0.0461 e. The summed E-state index contributed by atoms with van der Waals surface area (Å²) in [7, 11) is 0. The fraction of sp³-hybridized carbons (Fsp3) is 0.111. The van der Waals surface area contributed by atoms with E-state index < -0.39 is 0 Å². The Morgan fingerprint density at radius 2 is 1.03 bits per heavy atom. The summed E-state index contributed by atoms with van der Waals surface area (Å²) in [5.41, 5.74) is 9.71. The number of para-hydroxylation sites is 2. The van der Waals surface area contributed by atoms with Crippen molar-refractivity contribution < 1.29 is 0 Å². The summed E-state index contributed by atoms with van der Waals surface area (Å²) in [6.07, 6.45) is 17.8. The van der Waals surface area contributed by atoms with E-state index in [0.29, 0.717) is 0 Å². The van der Waals surface area contributed by atoms with Crippen molar-refractivity contribution in [1.82, 2.24) is 0 Å². The second-order valence-electron chi connectivity index (χ2n) is 9.67. The molecule has 0 saturated carbocycles. The maximum Gasteiger partial charge on any atom is 0.0461 e. The summed E-state index contributed by atoms with van der Waals surface area (Å²) in [6, 6.07) is 39.1. The average molecular weight is 493 g/mol. The molecule has 6 rings (SSSR count). The van der Waals surface area contributed by atoms with Crippen LogP contribution in [0.1, 0.15) is 25.7 Å². The van der Waals surface area contributed by atoms with Gasteiger partial charge in [-0.2, -0.15) is 0 Å². The number of rotatable bonds is 7. The van der Waals surface area contributed by atoms with Crippen LogP contribution in [0.25, 0.3) is 11.1 Å². The molecule has 38 heavy (non-hydrogen) atoms. The first-order chi connectivity index (χ1) is 18.9. The van der Waals surface area contributed by atoms with Crippen LogP contribution in [0.2, 0.25) is 0 Å². The van der Waals surface area contributed by atoms with Crippen LogP contribution < -0.4 is 9.80 Å². The van der Waals surface area contributed by atoms with E-state index in [2.05, 4.69) is 155 Å². The van der Waals surface area contributed by atoms with Gasteiger partial charge in [-0.05, 0) is 97.5 Å². The van der Waals surface area contributed by atoms with E-state index in [0.717, 1.165) is 25.7 Å². The quantitative estimate of drug-likeness (QED) is 0.253. The van der Waals surface area contributed by atoms with Gasteiger partial charge in [0.05, 0.1) is 0 Å². The molecule has 0 heterocycles. The zero-order chi connectivity index (χ0) is 25.6. The summed E-state index contributed by atoms with van der Waals surface area (Å²) in [5.74, 6) is 0. The standard InChI is InChI=1S/C36H32N2/c1-5-13-31(14-6-1)37(32-15-7-2-8-16-32)35-25-21-29(22-26-35)30-23-27-36(28-24-30)38(33-17-9-3-10-18-33)34-19-11-4-12-20-34/h1-3,5-7,9-11,13-15,17-28H,4,8,12,16H2. The average Bonchev–Trinajstić information content (AvgIpc) is 3.00. The van der Waals surface area contributed by atoms with Gasteiger partial charge in [-0.1, -0.05) is 85.0 Å². The van der Waals surface area contributed by atoms with E-state index in [1.54, 1.807) is 0 Å². The van der Waals surface area contributed by atoms with Crippen molar-refractivity contribution in [1.29, 1.82) is 0 Å². The van der Waals surface area contributed by atoms with Gasteiger partial charge in [0.1, 0.15) is 0 Å². The molecule has 0 bridgehead atoms. The van der Waals surface area contributed by atoms with Crippen molar-refractivity contribution in [2.24, 2.45) is 0 Å². The first-order valence-corrected chi connectivity index (χ1v) is 13.5. The van der Waals surface area contributed by atoms with Crippen molar-refractivity contribution >= 4 is 22.7 Å². The Kier molecular flexibility index (Phi) is 7.04. The van der Waals surface area contributed by atoms with E-state index in [9.17, 15) is 0 Å². The lowest BCUT2D eigenvalue weighted by atomic mass is 10.0. The summed E-state index contributed by atoms with van der Waals surface area (Å²) in [6.45, 7) is 0. The van der Waals surface area contributed by atoms with Crippen LogP contribution in [0.5, 0.6) is 0 Å². The fourth-order valence-electron chi connectivity index (χ4n) is 5.23. The van der Waals surface area contributed by atoms with Crippen LogP contribution in [0, 0.1) is 0 Å². The second kappa shape index (κ2) is 11.2. The van der Waals surface area contributed by atoms with Gasteiger partial charge in [0.25, 0.3) is 0 Å². The molecule has 0 saturated heterocycles. The molecule has 0 aliphatic heterocycles. The Labute approximate surface area is 226 Å². The van der Waals surface area contributed by atoms with Gasteiger partial charge >= 0.3 is 0 Å². The van der Waals surface area contributed by atoms with Gasteiger partial charge in [0.2, 0.25) is 0 Å². The highest BCUT2D eigenvalue weighted by Crippen LogP contribution is 2.36. The lowest BCUT2D eigenvalue weighted by Gasteiger charge is -2.29. The van der Waals surface area contributed by atoms with Crippen LogP contribution in [0.15, 0.2) is 157 Å². The molecular weight excluding hydrogens is 460 g/mol. The minimum absolute atomic E-state index is 1.04. The van der Waals surface area contributed by atoms with Crippen molar-refractivity contribution in [2.45, 2.75) is 25.7 Å². The fourth-order valence-corrected chi connectivity index (χ4v) is 5.23. The molecule has 2 aliphatic carbocycles. The highest BCUT2D eigenvalue weighted by Gasteiger charge is 2.16. The van der Waals surface area contributed by atoms with Crippen molar-refractivity contribution in [3.05, 3.63) is 157 Å². The Morgan fingerprint density at radius 1 is 0.474 bits per heavy atom. The topological polar surface area (TPSA) is 6.48 Å². The number of anilines is 4. The molecule has 0 atom stereocenters. The summed E-state index contributed by atoms with van der Waals surface area (Å²) in [4.78, 5) is 4.71. The molecule has 2 aliphatic rings. The zero-order valence-corrected chi connectivity index (χ0v) is 21.6. The summed E-state index contributed by atoms with van der Waals surface area (Å²) in [5, 5.41) is 0. The summed E-state index contributed by atoms with van der Waals surface area (Å²) >= 11 is 0. The molecule has 0 amide bonds. The number of hydrogen-bond acceptors (Lipinski definition) is 2. The molecule has 4 aromatic rings. The lowest BCUT2D eigenvalue weighted by molar-refractivity contribution is 0.918. The third-order valence-corrected chi connectivity index (χ3v) is 7.13. The Balaban J connectivity index is 1.29.